The van der Waals surface area contributed by atoms with E-state index in [9.17, 15) is 18.8 Å². The van der Waals surface area contributed by atoms with Crippen LogP contribution >= 0.6 is 11.6 Å². The molecule has 1 aliphatic rings. The summed E-state index contributed by atoms with van der Waals surface area (Å²) in [4.78, 5) is 42.5. The summed E-state index contributed by atoms with van der Waals surface area (Å²) in [7, 11) is 1.89. The van der Waals surface area contributed by atoms with Crippen LogP contribution in [0.5, 0.6) is 0 Å². The van der Waals surface area contributed by atoms with E-state index >= 15 is 0 Å². The molecule has 0 saturated heterocycles. The van der Waals surface area contributed by atoms with Crippen molar-refractivity contribution >= 4 is 29.1 Å². The Kier molecular flexibility index (Phi) is 7.82. The predicted octanol–water partition coefficient (Wildman–Crippen LogP) is 5.32. The van der Waals surface area contributed by atoms with Crippen LogP contribution in [0.3, 0.4) is 0 Å². The second-order valence-electron chi connectivity index (χ2n) is 10.7. The number of hydrogen-bond acceptors (Lipinski definition) is 4. The highest BCUT2D eigenvalue weighted by atomic mass is 35.5. The van der Waals surface area contributed by atoms with Crippen molar-refractivity contribution in [2.45, 2.75) is 50.9 Å². The molecule has 2 heterocycles. The van der Waals surface area contributed by atoms with Gasteiger partial charge in [0.05, 0.1) is 18.2 Å². The first-order valence-electron chi connectivity index (χ1n) is 13.4. The Labute approximate surface area is 242 Å². The number of carbonyl (C=O) groups is 2. The Morgan fingerprint density at radius 1 is 1.05 bits per heavy atom. The monoisotopic (exact) mass is 575 g/mol. The Morgan fingerprint density at radius 3 is 2.37 bits per heavy atom. The minimum Gasteiger partial charge on any atom is -0.341 e. The number of alkyl halides is 1. The molecule has 2 amide bonds. The van der Waals surface area contributed by atoms with Crippen LogP contribution in [0.25, 0.3) is 22.4 Å². The summed E-state index contributed by atoms with van der Waals surface area (Å²) in [5.74, 6) is -1.30. The Bertz CT molecular complexity index is 1660. The fourth-order valence-electron chi connectivity index (χ4n) is 4.63. The quantitative estimate of drug-likeness (QED) is 0.282. The molecule has 1 saturated carbocycles. The Morgan fingerprint density at radius 2 is 1.73 bits per heavy atom. The zero-order valence-corrected chi connectivity index (χ0v) is 23.8. The van der Waals surface area contributed by atoms with Gasteiger partial charge in [0.25, 0.3) is 11.5 Å². The van der Waals surface area contributed by atoms with Gasteiger partial charge in [-0.2, -0.15) is 0 Å². The second-order valence-corrected chi connectivity index (χ2v) is 11.1. The summed E-state index contributed by atoms with van der Waals surface area (Å²) >= 11 is 6.54. The smallest absolute Gasteiger partial charge is 0.258 e. The van der Waals surface area contributed by atoms with Crippen LogP contribution in [-0.2, 0) is 23.1 Å². The normalized spacial score (nSPS) is 14.5. The molecule has 0 bridgehead atoms. The lowest BCUT2D eigenvalue weighted by Crippen LogP contribution is -2.48. The maximum absolute atomic E-state index is 14.6. The van der Waals surface area contributed by atoms with E-state index < -0.39 is 23.5 Å². The van der Waals surface area contributed by atoms with Crippen molar-refractivity contribution in [1.82, 2.24) is 19.4 Å². The Balaban J connectivity index is 1.40. The van der Waals surface area contributed by atoms with Gasteiger partial charge in [-0.3, -0.25) is 14.4 Å². The molecule has 2 aromatic carbocycles. The molecule has 1 aliphatic carbocycles. The van der Waals surface area contributed by atoms with Gasteiger partial charge >= 0.3 is 0 Å². The van der Waals surface area contributed by atoms with Gasteiger partial charge < -0.3 is 19.8 Å². The molecule has 10 heteroatoms. The summed E-state index contributed by atoms with van der Waals surface area (Å²) in [5.41, 5.74) is 2.51. The second kappa shape index (κ2) is 11.3. The maximum Gasteiger partial charge on any atom is 0.258 e. The molecule has 2 aromatic heterocycles. The lowest BCUT2D eigenvalue weighted by molar-refractivity contribution is -0.131. The van der Waals surface area contributed by atoms with E-state index in [0.717, 1.165) is 22.4 Å². The summed E-state index contributed by atoms with van der Waals surface area (Å²) in [5, 5.41) is 5.85. The van der Waals surface area contributed by atoms with E-state index in [1.54, 1.807) is 47.6 Å². The lowest BCUT2D eigenvalue weighted by Gasteiger charge is -2.21. The zero-order chi connectivity index (χ0) is 29.3. The molecule has 212 valence electrons. The van der Waals surface area contributed by atoms with Gasteiger partial charge in [0.15, 0.2) is 5.67 Å². The van der Waals surface area contributed by atoms with Crippen LogP contribution in [0, 0.1) is 0 Å². The van der Waals surface area contributed by atoms with Crippen LogP contribution in [0.1, 0.15) is 38.3 Å². The minimum absolute atomic E-state index is 0.0221. The van der Waals surface area contributed by atoms with Crippen LogP contribution in [0.15, 0.2) is 78.1 Å². The highest BCUT2D eigenvalue weighted by molar-refractivity contribution is 6.31. The summed E-state index contributed by atoms with van der Waals surface area (Å²) in [6, 6.07) is 14.7. The molecule has 0 unspecified atom stereocenters. The first kappa shape index (κ1) is 28.3. The van der Waals surface area contributed by atoms with E-state index in [4.69, 9.17) is 11.6 Å². The van der Waals surface area contributed by atoms with Crippen molar-refractivity contribution in [2.75, 3.05) is 5.32 Å². The predicted molar refractivity (Wildman–Crippen MR) is 158 cm³/mol. The van der Waals surface area contributed by atoms with Crippen molar-refractivity contribution in [3.63, 3.8) is 0 Å². The lowest BCUT2D eigenvalue weighted by atomic mass is 9.99. The fourth-order valence-corrected chi connectivity index (χ4v) is 4.83. The maximum atomic E-state index is 14.6. The largest absolute Gasteiger partial charge is 0.341 e. The summed E-state index contributed by atoms with van der Waals surface area (Å²) in [6.45, 7) is 3.85. The molecular formula is C31H31ClFN5O3. The van der Waals surface area contributed by atoms with Gasteiger partial charge in [-0.25, -0.2) is 9.37 Å². The molecule has 0 radical (unpaired) electrons. The number of carbonyl (C=O) groups excluding carboxylic acids is 2. The summed E-state index contributed by atoms with van der Waals surface area (Å²) < 4.78 is 18.1. The van der Waals surface area contributed by atoms with Gasteiger partial charge in [-0.1, -0.05) is 29.8 Å². The van der Waals surface area contributed by atoms with E-state index in [0.29, 0.717) is 16.3 Å². The number of nitrogens with zero attached hydrogens (tertiary/aromatic N) is 3. The van der Waals surface area contributed by atoms with E-state index in [1.807, 2.05) is 49.7 Å². The standard InChI is InChI=1S/C31H31ClFN5O3/c1-19(2)38-17-22(7-11-28(38)39)21-6-10-25(32)23(14-21)15-26(36-30(41)31(33)12-13-31)29(40)35-24-8-4-20(5-9-24)27-16-34-18-37(27)3/h4-11,14,16-19,26H,12-13,15H2,1-3H3,(H,35,40)(H,36,41)/t26-/m0/s1. The number of hydrogen-bond donors (Lipinski definition) is 2. The number of aromatic nitrogens is 3. The third kappa shape index (κ3) is 6.25. The highest BCUT2D eigenvalue weighted by Crippen LogP contribution is 2.40. The van der Waals surface area contributed by atoms with Crippen molar-refractivity contribution in [2.24, 2.45) is 7.05 Å². The van der Waals surface area contributed by atoms with Gasteiger partial charge in [0.2, 0.25) is 5.91 Å². The average molecular weight is 576 g/mol. The number of imidazole rings is 1. The third-order valence-corrected chi connectivity index (χ3v) is 7.65. The first-order chi connectivity index (χ1) is 19.5. The number of rotatable bonds is 9. The molecule has 1 fully saturated rings. The van der Waals surface area contributed by atoms with Gasteiger partial charge in [0, 0.05) is 42.5 Å². The number of amides is 2. The molecule has 8 nitrogen and oxygen atoms in total. The van der Waals surface area contributed by atoms with Crippen molar-refractivity contribution in [1.29, 1.82) is 0 Å². The highest BCUT2D eigenvalue weighted by Gasteiger charge is 2.51. The number of benzene rings is 2. The number of aryl methyl sites for hydroxylation is 1. The van der Waals surface area contributed by atoms with Crippen LogP contribution in [0.2, 0.25) is 5.02 Å². The molecular weight excluding hydrogens is 545 g/mol. The molecule has 4 aromatic rings. The molecule has 2 N–H and O–H groups in total. The number of nitrogens with one attached hydrogen (secondary N) is 2. The van der Waals surface area contributed by atoms with Crippen molar-refractivity contribution in [3.8, 4) is 22.4 Å². The minimum atomic E-state index is -1.94. The topological polar surface area (TPSA) is 98.0 Å². The van der Waals surface area contributed by atoms with Crippen molar-refractivity contribution < 1.29 is 14.0 Å². The SMILES string of the molecule is CC(C)n1cc(-c2ccc(Cl)c(C[C@H](NC(=O)C3(F)CC3)C(=O)Nc3ccc(-c4cncn4C)cc3)c2)ccc1=O. The van der Waals surface area contributed by atoms with E-state index in [1.165, 1.54) is 6.07 Å². The van der Waals surface area contributed by atoms with Crippen LogP contribution in [-0.4, -0.2) is 37.6 Å². The van der Waals surface area contributed by atoms with E-state index in [2.05, 4.69) is 15.6 Å². The molecule has 0 spiro atoms. The number of pyridine rings is 1. The fraction of sp³-hybridized carbons (Fsp3) is 0.290. The molecule has 1 atom stereocenters. The van der Waals surface area contributed by atoms with E-state index in [-0.39, 0.29) is 30.9 Å². The van der Waals surface area contributed by atoms with Gasteiger partial charge in [0.1, 0.15) is 6.04 Å². The van der Waals surface area contributed by atoms with Gasteiger partial charge in [-0.05, 0) is 79.3 Å². The average Bonchev–Trinajstić information content (AvgIpc) is 3.56. The zero-order valence-electron chi connectivity index (χ0n) is 23.0. The third-order valence-electron chi connectivity index (χ3n) is 7.28. The van der Waals surface area contributed by atoms with Crippen LogP contribution in [0.4, 0.5) is 10.1 Å². The Hall–Kier alpha value is -4.24. The molecule has 0 aliphatic heterocycles. The molecule has 41 heavy (non-hydrogen) atoms. The first-order valence-corrected chi connectivity index (χ1v) is 13.8. The number of anilines is 1. The number of halogens is 2. The van der Waals surface area contributed by atoms with Gasteiger partial charge in [-0.15, -0.1) is 0 Å². The molecule has 5 rings (SSSR count). The summed E-state index contributed by atoms with van der Waals surface area (Å²) in [6.07, 6.45) is 5.53. The van der Waals surface area contributed by atoms with Crippen molar-refractivity contribution in [3.05, 3.63) is 94.3 Å². The van der Waals surface area contributed by atoms with Crippen LogP contribution < -0.4 is 16.2 Å².